The van der Waals surface area contributed by atoms with E-state index in [1.807, 2.05) is 13.8 Å². The van der Waals surface area contributed by atoms with E-state index < -0.39 is 16.1 Å². The SMILES string of the molecule is CCNc1cccnc1S(=O)(=O)N1CCC(O)C(C)C1. The van der Waals surface area contributed by atoms with Crippen molar-refractivity contribution in [3.8, 4) is 0 Å². The third-order valence-corrected chi connectivity index (χ3v) is 5.37. The van der Waals surface area contributed by atoms with Crippen molar-refractivity contribution in [2.24, 2.45) is 5.92 Å². The smallest absolute Gasteiger partial charge is 0.262 e. The van der Waals surface area contributed by atoms with E-state index in [-0.39, 0.29) is 10.9 Å². The first-order chi connectivity index (χ1) is 9.46. The molecule has 1 aliphatic rings. The average Bonchev–Trinajstić information content (AvgIpc) is 2.42. The molecule has 1 saturated heterocycles. The third kappa shape index (κ3) is 2.94. The van der Waals surface area contributed by atoms with E-state index in [1.165, 1.54) is 10.5 Å². The van der Waals surface area contributed by atoms with Gasteiger partial charge in [-0.15, -0.1) is 0 Å². The number of hydrogen-bond acceptors (Lipinski definition) is 5. The summed E-state index contributed by atoms with van der Waals surface area (Å²) in [6.07, 6.45) is 1.51. The minimum Gasteiger partial charge on any atom is -0.393 e. The fraction of sp³-hybridized carbons (Fsp3) is 0.615. The molecule has 0 radical (unpaired) electrons. The van der Waals surface area contributed by atoms with Crippen molar-refractivity contribution < 1.29 is 13.5 Å². The second kappa shape index (κ2) is 6.07. The van der Waals surface area contributed by atoms with E-state index in [1.54, 1.807) is 12.1 Å². The molecule has 7 heteroatoms. The molecule has 20 heavy (non-hydrogen) atoms. The van der Waals surface area contributed by atoms with Crippen LogP contribution in [0.5, 0.6) is 0 Å². The maximum atomic E-state index is 12.7. The topological polar surface area (TPSA) is 82.5 Å². The first-order valence-electron chi connectivity index (χ1n) is 6.84. The van der Waals surface area contributed by atoms with Crippen molar-refractivity contribution >= 4 is 15.7 Å². The lowest BCUT2D eigenvalue weighted by Gasteiger charge is -2.33. The molecule has 0 aliphatic carbocycles. The van der Waals surface area contributed by atoms with Crippen molar-refractivity contribution in [1.82, 2.24) is 9.29 Å². The fourth-order valence-corrected chi connectivity index (χ4v) is 3.99. The zero-order chi connectivity index (χ0) is 14.8. The van der Waals surface area contributed by atoms with Crippen LogP contribution in [0.1, 0.15) is 20.3 Å². The summed E-state index contributed by atoms with van der Waals surface area (Å²) >= 11 is 0. The summed E-state index contributed by atoms with van der Waals surface area (Å²) in [5.74, 6) is -0.0650. The van der Waals surface area contributed by atoms with Gasteiger partial charge in [-0.25, -0.2) is 13.4 Å². The lowest BCUT2D eigenvalue weighted by Crippen LogP contribution is -2.45. The lowest BCUT2D eigenvalue weighted by molar-refractivity contribution is 0.0628. The van der Waals surface area contributed by atoms with Crippen molar-refractivity contribution in [2.75, 3.05) is 25.0 Å². The molecule has 0 amide bonds. The number of hydrogen-bond donors (Lipinski definition) is 2. The van der Waals surface area contributed by atoms with Gasteiger partial charge in [0.1, 0.15) is 0 Å². The van der Waals surface area contributed by atoms with Gasteiger partial charge in [-0.3, -0.25) is 0 Å². The molecule has 0 bridgehead atoms. The molecule has 0 aromatic carbocycles. The van der Waals surface area contributed by atoms with E-state index in [2.05, 4.69) is 10.3 Å². The summed E-state index contributed by atoms with van der Waals surface area (Å²) in [5, 5.41) is 12.8. The molecule has 6 nitrogen and oxygen atoms in total. The Morgan fingerprint density at radius 3 is 2.95 bits per heavy atom. The molecule has 1 aromatic rings. The van der Waals surface area contributed by atoms with E-state index in [9.17, 15) is 13.5 Å². The molecular formula is C13H21N3O3S. The summed E-state index contributed by atoms with van der Waals surface area (Å²) < 4.78 is 26.8. The van der Waals surface area contributed by atoms with Crippen LogP contribution in [0.25, 0.3) is 0 Å². The predicted octanol–water partition coefficient (Wildman–Crippen LogP) is 0.905. The van der Waals surface area contributed by atoms with Gasteiger partial charge in [-0.2, -0.15) is 4.31 Å². The first kappa shape index (κ1) is 15.2. The van der Waals surface area contributed by atoms with Gasteiger partial charge in [0, 0.05) is 25.8 Å². The summed E-state index contributed by atoms with van der Waals surface area (Å²) in [7, 11) is -3.62. The molecule has 112 valence electrons. The zero-order valence-corrected chi connectivity index (χ0v) is 12.6. The first-order valence-corrected chi connectivity index (χ1v) is 8.28. The largest absolute Gasteiger partial charge is 0.393 e. The highest BCUT2D eigenvalue weighted by Gasteiger charge is 2.34. The lowest BCUT2D eigenvalue weighted by atomic mass is 9.99. The highest BCUT2D eigenvalue weighted by molar-refractivity contribution is 7.89. The number of sulfonamides is 1. The number of piperidine rings is 1. The quantitative estimate of drug-likeness (QED) is 0.863. The van der Waals surface area contributed by atoms with Crippen molar-refractivity contribution in [1.29, 1.82) is 0 Å². The number of nitrogens with zero attached hydrogens (tertiary/aromatic N) is 2. The second-order valence-electron chi connectivity index (χ2n) is 5.08. The molecule has 2 unspecified atom stereocenters. The Bertz CT molecular complexity index is 562. The Hall–Kier alpha value is -1.18. The third-order valence-electron chi connectivity index (χ3n) is 3.55. The van der Waals surface area contributed by atoms with E-state index in [0.29, 0.717) is 31.7 Å². The van der Waals surface area contributed by atoms with Crippen LogP contribution >= 0.6 is 0 Å². The molecule has 2 heterocycles. The van der Waals surface area contributed by atoms with Crippen molar-refractivity contribution in [2.45, 2.75) is 31.4 Å². The maximum Gasteiger partial charge on any atom is 0.262 e. The van der Waals surface area contributed by atoms with Gasteiger partial charge in [0.25, 0.3) is 10.0 Å². The number of pyridine rings is 1. The monoisotopic (exact) mass is 299 g/mol. The van der Waals surface area contributed by atoms with Gasteiger partial charge in [-0.1, -0.05) is 6.92 Å². The zero-order valence-electron chi connectivity index (χ0n) is 11.8. The van der Waals surface area contributed by atoms with Crippen LogP contribution in [0.4, 0.5) is 5.69 Å². The average molecular weight is 299 g/mol. The molecule has 2 N–H and O–H groups in total. The van der Waals surface area contributed by atoms with E-state index in [0.717, 1.165) is 0 Å². The van der Waals surface area contributed by atoms with Crippen LogP contribution < -0.4 is 5.32 Å². The van der Waals surface area contributed by atoms with Crippen molar-refractivity contribution in [3.63, 3.8) is 0 Å². The molecule has 1 fully saturated rings. The maximum absolute atomic E-state index is 12.7. The van der Waals surface area contributed by atoms with Crippen LogP contribution in [-0.2, 0) is 10.0 Å². The second-order valence-corrected chi connectivity index (χ2v) is 6.94. The van der Waals surface area contributed by atoms with Gasteiger partial charge < -0.3 is 10.4 Å². The molecule has 2 rings (SSSR count). The minimum absolute atomic E-state index is 0.0606. The van der Waals surface area contributed by atoms with Crippen LogP contribution in [0.3, 0.4) is 0 Å². The Kier molecular flexibility index (Phi) is 4.62. The molecular weight excluding hydrogens is 278 g/mol. The minimum atomic E-state index is -3.62. The Labute approximate surface area is 119 Å². The number of aromatic nitrogens is 1. The van der Waals surface area contributed by atoms with Gasteiger partial charge >= 0.3 is 0 Å². The summed E-state index contributed by atoms with van der Waals surface area (Å²) in [5.41, 5.74) is 0.522. The number of nitrogens with one attached hydrogen (secondary N) is 1. The Morgan fingerprint density at radius 1 is 1.55 bits per heavy atom. The van der Waals surface area contributed by atoms with Gasteiger partial charge in [-0.05, 0) is 31.4 Å². The van der Waals surface area contributed by atoms with Crippen LogP contribution in [0.15, 0.2) is 23.4 Å². The van der Waals surface area contributed by atoms with Gasteiger partial charge in [0.2, 0.25) is 0 Å². The summed E-state index contributed by atoms with van der Waals surface area (Å²) in [6, 6.07) is 3.42. The van der Waals surface area contributed by atoms with Crippen molar-refractivity contribution in [3.05, 3.63) is 18.3 Å². The van der Waals surface area contributed by atoms with Crippen LogP contribution in [0, 0.1) is 5.92 Å². The molecule has 0 saturated carbocycles. The number of anilines is 1. The highest BCUT2D eigenvalue weighted by Crippen LogP contribution is 2.26. The van der Waals surface area contributed by atoms with Crippen LogP contribution in [0.2, 0.25) is 0 Å². The fourth-order valence-electron chi connectivity index (χ4n) is 2.36. The Balaban J connectivity index is 2.31. The summed E-state index contributed by atoms with van der Waals surface area (Å²) in [6.45, 7) is 5.05. The molecule has 0 spiro atoms. The van der Waals surface area contributed by atoms with Crippen LogP contribution in [-0.4, -0.2) is 48.6 Å². The Morgan fingerprint density at radius 2 is 2.30 bits per heavy atom. The summed E-state index contributed by atoms with van der Waals surface area (Å²) in [4.78, 5) is 4.03. The molecule has 1 aromatic heterocycles. The number of rotatable bonds is 4. The van der Waals surface area contributed by atoms with E-state index in [4.69, 9.17) is 0 Å². The highest BCUT2D eigenvalue weighted by atomic mass is 32.2. The predicted molar refractivity (Wildman–Crippen MR) is 76.9 cm³/mol. The van der Waals surface area contributed by atoms with Gasteiger partial charge in [0.15, 0.2) is 5.03 Å². The van der Waals surface area contributed by atoms with E-state index >= 15 is 0 Å². The normalized spacial score (nSPS) is 24.6. The molecule has 2 atom stereocenters. The standard InChI is InChI=1S/C13H21N3O3S/c1-3-14-11-5-4-7-15-13(11)20(18,19)16-8-6-12(17)10(2)9-16/h4-5,7,10,12,14,17H,3,6,8-9H2,1-2H3. The number of aliphatic hydroxyl groups is 1. The molecule has 1 aliphatic heterocycles. The van der Waals surface area contributed by atoms with Gasteiger partial charge in [0.05, 0.1) is 11.8 Å². The number of aliphatic hydroxyl groups excluding tert-OH is 1.